The number of carbonyl (C=O) groups is 1. The van der Waals surface area contributed by atoms with Crippen LogP contribution in [0.5, 0.6) is 0 Å². The summed E-state index contributed by atoms with van der Waals surface area (Å²) >= 11 is 42.2. The fourth-order valence-electron chi connectivity index (χ4n) is 1.30. The van der Waals surface area contributed by atoms with Crippen LogP contribution in [0.15, 0.2) is 0 Å². The van der Waals surface area contributed by atoms with Crippen molar-refractivity contribution >= 4 is 390 Å². The van der Waals surface area contributed by atoms with E-state index in [1.54, 1.807) is 0 Å². The Morgan fingerprint density at radius 1 is 0.429 bits per heavy atom. The highest BCUT2D eigenvalue weighted by Gasteiger charge is 2.77. The van der Waals surface area contributed by atoms with Crippen LogP contribution in [0.25, 0.3) is 0 Å². The number of aliphatic carboxylic acids is 1. The van der Waals surface area contributed by atoms with Crippen LogP contribution in [-0.2, 0) is 4.79 Å². The van der Waals surface area contributed by atoms with Gasteiger partial charge in [0.2, 0.25) is 0 Å². The van der Waals surface area contributed by atoms with E-state index in [4.69, 9.17) is 0 Å². The Balaban J connectivity index is 6.76. The maximum absolute atomic E-state index is 12.1. The number of hydrogen-bond donors (Lipinski definition) is 1. The summed E-state index contributed by atoms with van der Waals surface area (Å²) in [5.41, 5.74) is 0. The summed E-state index contributed by atoms with van der Waals surface area (Å²) in [6.45, 7) is 0. The highest BCUT2D eigenvalue weighted by atomic mass is 127. The number of carboxylic acids is 1. The SMILES string of the molecule is O=C(O)C(I)(I)C(I)(I)C(I)(I)C(I)(I)C(I)(I)C(I)(I)C(I)(I)C(I)(I)I. The highest BCUT2D eigenvalue weighted by Crippen LogP contribution is 2.79. The minimum absolute atomic E-state index is 0.0168. The highest BCUT2D eigenvalue weighted by molar-refractivity contribution is 14.3. The minimum Gasteiger partial charge on any atom is -0.480 e. The normalized spacial score (nSPS) is 16.3. The molecular formula is C9HI17O2. The fourth-order valence-corrected chi connectivity index (χ4v) is 25.3. The summed E-state index contributed by atoms with van der Waals surface area (Å²) in [4.78, 5) is 12.1. The van der Waals surface area contributed by atoms with E-state index in [0.29, 0.717) is 0 Å². The minimum atomic E-state index is -0.971. The third kappa shape index (κ3) is 7.88. The zero-order valence-electron chi connectivity index (χ0n) is 11.8. The second kappa shape index (κ2) is 14.1. The Morgan fingerprint density at radius 3 is 0.857 bits per heavy atom. The lowest BCUT2D eigenvalue weighted by Crippen LogP contribution is -2.68. The lowest BCUT2D eigenvalue weighted by Gasteiger charge is -2.57. The number of halogens is 17. The van der Waals surface area contributed by atoms with Gasteiger partial charge in [0.15, 0.2) is 1.43 Å². The molecule has 0 fully saturated rings. The van der Waals surface area contributed by atoms with Gasteiger partial charge in [0.1, 0.15) is 8.01 Å². The predicted octanol–water partition coefficient (Wildman–Crippen LogP) is 13.0. The number of alkyl halides is 17. The van der Waals surface area contributed by atoms with Crippen molar-refractivity contribution in [3.8, 4) is 0 Å². The van der Waals surface area contributed by atoms with Crippen LogP contribution in [0, 0.1) is 0 Å². The van der Waals surface area contributed by atoms with E-state index in [-0.39, 0.29) is 5.15 Å². The van der Waals surface area contributed by atoms with Gasteiger partial charge < -0.3 is 5.11 Å². The number of carboxylic acid groups (broad SMARTS) is 1. The van der Waals surface area contributed by atoms with Crippen molar-refractivity contribution in [1.82, 2.24) is 0 Å². The average molecular weight is 2300 g/mol. The largest absolute Gasteiger partial charge is 0.480 e. The molecular weight excluding hydrogens is 2300 g/mol. The monoisotopic (exact) mass is 2300 g/mol. The molecule has 0 aromatic heterocycles. The molecule has 2 nitrogen and oxygen atoms in total. The van der Waals surface area contributed by atoms with Gasteiger partial charge in [-0.1, -0.05) is 384 Å². The van der Waals surface area contributed by atoms with Crippen molar-refractivity contribution in [2.75, 3.05) is 0 Å². The molecule has 0 aromatic carbocycles. The molecule has 0 saturated carbocycles. The molecule has 0 spiro atoms. The first kappa shape index (κ1) is 39.9. The first-order valence-corrected chi connectivity index (χ1v) is 24.0. The van der Waals surface area contributed by atoms with E-state index in [0.717, 1.165) is 0 Å². The average Bonchev–Trinajstić information content (AvgIpc) is 2.44. The molecule has 0 radical (unpaired) electrons. The van der Waals surface area contributed by atoms with Crippen LogP contribution in [0.3, 0.4) is 0 Å². The molecule has 0 aliphatic carbocycles. The predicted molar refractivity (Wildman–Crippen MR) is 268 cm³/mol. The van der Waals surface area contributed by atoms with E-state index in [1.807, 2.05) is 0 Å². The fraction of sp³-hybridized carbons (Fsp3) is 0.889. The van der Waals surface area contributed by atoms with Crippen molar-refractivity contribution in [1.29, 1.82) is 0 Å². The van der Waals surface area contributed by atoms with Gasteiger partial charge in [0.05, 0.1) is 0 Å². The first-order chi connectivity index (χ1) is 11.7. The molecule has 0 rings (SSSR count). The molecule has 0 heterocycles. The summed E-state index contributed by atoms with van der Waals surface area (Å²) in [6, 6.07) is 0. The molecule has 0 aliphatic heterocycles. The second-order valence-corrected chi connectivity index (χ2v) is 53.0. The molecule has 19 heteroatoms. The van der Waals surface area contributed by atoms with Crippen molar-refractivity contribution in [3.05, 3.63) is 0 Å². The zero-order chi connectivity index (χ0) is 23.6. The summed E-state index contributed by atoms with van der Waals surface area (Å²) in [5, 5.41) is 9.96. The third-order valence-corrected chi connectivity index (χ3v) is 58.3. The lowest BCUT2D eigenvalue weighted by molar-refractivity contribution is -0.136. The summed E-state index contributed by atoms with van der Waals surface area (Å²) < 4.78 is -2.78. The molecule has 0 atom stereocenters. The maximum Gasteiger partial charge on any atom is 0.332 e. The van der Waals surface area contributed by atoms with Crippen LogP contribution >= 0.6 is 384 Å². The Morgan fingerprint density at radius 2 is 0.643 bits per heavy atom. The van der Waals surface area contributed by atoms with Crippen LogP contribution in [0.1, 0.15) is 0 Å². The first-order valence-electron chi connectivity index (χ1n) is 5.64. The van der Waals surface area contributed by atoms with E-state index in [1.165, 1.54) is 0 Å². The van der Waals surface area contributed by atoms with E-state index >= 15 is 0 Å². The quantitative estimate of drug-likeness (QED) is 0.194. The van der Waals surface area contributed by atoms with Crippen molar-refractivity contribution in [2.24, 2.45) is 0 Å². The third-order valence-electron chi connectivity index (χ3n) is 2.99. The molecule has 0 saturated heterocycles. The van der Waals surface area contributed by atoms with E-state index in [9.17, 15) is 9.90 Å². The summed E-state index contributed by atoms with van der Waals surface area (Å²) in [5.74, 6) is -0.801. The Kier molecular flexibility index (Phi) is 20.1. The Labute approximate surface area is 396 Å². The van der Waals surface area contributed by atoms with Crippen LogP contribution in [0.2, 0.25) is 0 Å². The second-order valence-electron chi connectivity index (χ2n) is 4.82. The molecule has 0 bridgehead atoms. The van der Waals surface area contributed by atoms with Gasteiger partial charge in [-0.15, -0.1) is 0 Å². The maximum atomic E-state index is 12.1. The van der Waals surface area contributed by atoms with E-state index < -0.39 is 10.3 Å². The van der Waals surface area contributed by atoms with Gasteiger partial charge >= 0.3 is 5.97 Å². The molecule has 168 valence electrons. The molecule has 0 unspecified atom stereocenters. The molecule has 28 heavy (non-hydrogen) atoms. The van der Waals surface area contributed by atoms with Gasteiger partial charge in [-0.2, -0.15) is 0 Å². The summed E-state index contributed by atoms with van der Waals surface area (Å²) in [7, 11) is 0. The van der Waals surface area contributed by atoms with Crippen LogP contribution < -0.4 is 0 Å². The number of hydrogen-bond acceptors (Lipinski definition) is 1. The van der Waals surface area contributed by atoms with Gasteiger partial charge in [-0.25, -0.2) is 4.79 Å². The molecule has 0 amide bonds. The van der Waals surface area contributed by atoms with Gasteiger partial charge in [-0.3, -0.25) is 0 Å². The van der Waals surface area contributed by atoms with Crippen molar-refractivity contribution in [3.63, 3.8) is 0 Å². The van der Waals surface area contributed by atoms with Crippen molar-refractivity contribution in [2.45, 2.75) is 9.43 Å². The molecule has 0 aromatic rings. The lowest BCUT2D eigenvalue weighted by atomic mass is 10.1. The smallest absolute Gasteiger partial charge is 0.332 e. The van der Waals surface area contributed by atoms with Gasteiger partial charge in [0.25, 0.3) is 0 Å². The Hall–Kier alpha value is 11.9. The van der Waals surface area contributed by atoms with Crippen molar-refractivity contribution < 1.29 is 9.90 Å². The Bertz CT molecular complexity index is 615. The molecule has 0 aliphatic rings. The zero-order valence-corrected chi connectivity index (χ0v) is 48.5. The van der Waals surface area contributed by atoms with Gasteiger partial charge in [0, 0.05) is 0 Å². The van der Waals surface area contributed by atoms with Gasteiger partial charge in [-0.05, 0) is 0 Å². The standard InChI is InChI=1S/C9HI17O2/c10-2(11,1(27)28)3(12,13)4(14,15)5(16,17)6(18,19)7(20,21)8(22,23)9(24,25)26/h(H,27,28). The number of rotatable bonds is 8. The summed E-state index contributed by atoms with van der Waals surface area (Å²) in [6.07, 6.45) is 0. The van der Waals surface area contributed by atoms with Crippen LogP contribution in [0.4, 0.5) is 0 Å². The van der Waals surface area contributed by atoms with Crippen LogP contribution in [-0.4, -0.2) is 20.5 Å². The van der Waals surface area contributed by atoms with E-state index in [2.05, 4.69) is 384 Å². The molecule has 1 N–H and O–H groups in total. The topological polar surface area (TPSA) is 37.3 Å².